The first-order valence-electron chi connectivity index (χ1n) is 12.6. The fourth-order valence-corrected chi connectivity index (χ4v) is 4.39. The third kappa shape index (κ3) is 8.96. The molecule has 0 aliphatic heterocycles. The molecule has 2 rings (SSSR count). The van der Waals surface area contributed by atoms with Gasteiger partial charge in [0.2, 0.25) is 0 Å². The Kier molecular flexibility index (Phi) is 14.1. The van der Waals surface area contributed by atoms with Crippen LogP contribution in [0.4, 0.5) is 16.4 Å². The normalized spacial score (nSPS) is 10.9. The molecule has 0 atom stereocenters. The van der Waals surface area contributed by atoms with Crippen molar-refractivity contribution >= 4 is 27.7 Å². The maximum atomic E-state index is 9.50. The lowest BCUT2D eigenvalue weighted by atomic mass is 10.2. The van der Waals surface area contributed by atoms with Crippen molar-refractivity contribution in [2.24, 2.45) is 10.2 Å². The molecule has 0 saturated heterocycles. The molecule has 0 amide bonds. The topological polar surface area (TPSA) is 122 Å². The van der Waals surface area contributed by atoms with E-state index in [4.69, 9.17) is 23.7 Å². The van der Waals surface area contributed by atoms with Gasteiger partial charge in [-0.2, -0.15) is 10.5 Å². The monoisotopic (exact) mass is 543 g/mol. The first kappa shape index (κ1) is 31.0. The predicted octanol–water partition coefficient (Wildman–Crippen LogP) is 5.91. The van der Waals surface area contributed by atoms with E-state index in [1.54, 1.807) is 27.2 Å². The van der Waals surface area contributed by atoms with E-state index >= 15 is 0 Å². The van der Waals surface area contributed by atoms with Crippen molar-refractivity contribution in [3.05, 3.63) is 28.1 Å². The summed E-state index contributed by atoms with van der Waals surface area (Å²) in [5, 5.41) is 27.8. The summed E-state index contributed by atoms with van der Waals surface area (Å²) in [7, 11) is 3.15. The zero-order chi connectivity index (χ0) is 27.8. The zero-order valence-corrected chi connectivity index (χ0v) is 23.7. The van der Waals surface area contributed by atoms with Crippen LogP contribution in [0.25, 0.3) is 0 Å². The van der Waals surface area contributed by atoms with E-state index in [2.05, 4.69) is 41.1 Å². The molecule has 1 aromatic carbocycles. The van der Waals surface area contributed by atoms with Crippen LogP contribution in [-0.4, -0.2) is 67.0 Å². The Labute approximate surface area is 229 Å². The lowest BCUT2D eigenvalue weighted by molar-refractivity contribution is 0.0501. The zero-order valence-electron chi connectivity index (χ0n) is 22.9. The van der Waals surface area contributed by atoms with Gasteiger partial charge >= 0.3 is 0 Å². The highest BCUT2D eigenvalue weighted by molar-refractivity contribution is 7.16. The number of benzene rings is 1. The molecule has 1 heterocycles. The number of hydrogen-bond acceptors (Lipinski definition) is 11. The average molecular weight is 544 g/mol. The average Bonchev–Trinajstić information content (AvgIpc) is 3.25. The van der Waals surface area contributed by atoms with Gasteiger partial charge < -0.3 is 28.6 Å². The Bertz CT molecular complexity index is 1120. The van der Waals surface area contributed by atoms with Crippen LogP contribution in [-0.2, 0) is 14.2 Å². The molecule has 38 heavy (non-hydrogen) atoms. The van der Waals surface area contributed by atoms with E-state index in [1.165, 1.54) is 0 Å². The van der Waals surface area contributed by atoms with E-state index in [0.29, 0.717) is 84.3 Å². The molecular formula is C27H37N5O5S. The molecule has 11 heteroatoms. The second kappa shape index (κ2) is 17.3. The number of methoxy groups -OCH3 is 2. The Balaban J connectivity index is 2.29. The number of nitrogens with zero attached hydrogens (tertiary/aromatic N) is 5. The van der Waals surface area contributed by atoms with Crippen molar-refractivity contribution in [3.63, 3.8) is 0 Å². The number of hydrogen-bond donors (Lipinski definition) is 0. The largest absolute Gasteiger partial charge is 0.494 e. The SMILES string of the molecule is CCCOCCOCCN(CCOCCC)c1cc(OC)c(/N=N/c2sc(C#N)c(C)c2C#N)cc1OC. The molecule has 0 fully saturated rings. The van der Waals surface area contributed by atoms with Gasteiger partial charge in [-0.3, -0.25) is 0 Å². The van der Waals surface area contributed by atoms with Crippen molar-refractivity contribution in [2.75, 3.05) is 71.9 Å². The summed E-state index contributed by atoms with van der Waals surface area (Å²) >= 11 is 1.13. The van der Waals surface area contributed by atoms with Gasteiger partial charge in [0, 0.05) is 38.4 Å². The summed E-state index contributed by atoms with van der Waals surface area (Å²) in [6.07, 6.45) is 1.93. The molecule has 0 aliphatic carbocycles. The third-order valence-electron chi connectivity index (χ3n) is 5.49. The van der Waals surface area contributed by atoms with Crippen LogP contribution in [0.2, 0.25) is 0 Å². The van der Waals surface area contributed by atoms with Crippen LogP contribution in [0.15, 0.2) is 22.4 Å². The second-order valence-electron chi connectivity index (χ2n) is 8.18. The van der Waals surface area contributed by atoms with Crippen molar-refractivity contribution in [2.45, 2.75) is 33.6 Å². The molecule has 206 valence electrons. The molecule has 0 aliphatic rings. The molecule has 0 radical (unpaired) electrons. The maximum Gasteiger partial charge on any atom is 0.158 e. The number of nitriles is 2. The number of anilines is 1. The minimum atomic E-state index is 0.344. The van der Waals surface area contributed by atoms with Crippen LogP contribution < -0.4 is 14.4 Å². The third-order valence-corrected chi connectivity index (χ3v) is 6.57. The van der Waals surface area contributed by atoms with E-state index in [9.17, 15) is 10.5 Å². The standard InChI is InChI=1S/C27H37N5O5S/c1-6-10-35-12-8-32(9-13-37-15-14-36-11-7-2)23-17-24(33-4)22(16-25(23)34-5)30-31-27-21(18-28)20(3)26(19-29)38-27/h16-17H,6-15H2,1-5H3/b31-30+. The molecule has 2 aromatic rings. The first-order chi connectivity index (χ1) is 18.5. The minimum Gasteiger partial charge on any atom is -0.494 e. The van der Waals surface area contributed by atoms with Crippen LogP contribution in [0, 0.1) is 29.6 Å². The quantitative estimate of drug-likeness (QED) is 0.168. The summed E-state index contributed by atoms with van der Waals surface area (Å²) < 4.78 is 28.3. The highest BCUT2D eigenvalue weighted by atomic mass is 32.1. The van der Waals surface area contributed by atoms with Gasteiger partial charge in [0.1, 0.15) is 34.2 Å². The maximum absolute atomic E-state index is 9.50. The number of azo groups is 1. The lowest BCUT2D eigenvalue weighted by Gasteiger charge is -2.27. The van der Waals surface area contributed by atoms with Gasteiger partial charge in [-0.1, -0.05) is 13.8 Å². The molecule has 0 saturated carbocycles. The molecular weight excluding hydrogens is 506 g/mol. The van der Waals surface area contributed by atoms with Crippen molar-refractivity contribution in [3.8, 4) is 23.6 Å². The van der Waals surface area contributed by atoms with E-state index < -0.39 is 0 Å². The minimum absolute atomic E-state index is 0.344. The Morgan fingerprint density at radius 1 is 0.816 bits per heavy atom. The fourth-order valence-electron chi connectivity index (χ4n) is 3.51. The van der Waals surface area contributed by atoms with Gasteiger partial charge in [0.25, 0.3) is 0 Å². The van der Waals surface area contributed by atoms with E-state index in [-0.39, 0.29) is 0 Å². The summed E-state index contributed by atoms with van der Waals surface area (Å²) in [4.78, 5) is 2.57. The second-order valence-corrected chi connectivity index (χ2v) is 9.18. The van der Waals surface area contributed by atoms with Gasteiger partial charge in [-0.25, -0.2) is 0 Å². The van der Waals surface area contributed by atoms with Crippen LogP contribution in [0.5, 0.6) is 11.5 Å². The number of rotatable bonds is 18. The van der Waals surface area contributed by atoms with Crippen molar-refractivity contribution < 1.29 is 23.7 Å². The Morgan fingerprint density at radius 3 is 1.97 bits per heavy atom. The summed E-state index contributed by atoms with van der Waals surface area (Å²) in [5.74, 6) is 1.08. The molecule has 0 spiro atoms. The Morgan fingerprint density at radius 2 is 1.42 bits per heavy atom. The molecule has 0 N–H and O–H groups in total. The highest BCUT2D eigenvalue weighted by Gasteiger charge is 2.19. The summed E-state index contributed by atoms with van der Waals surface area (Å²) in [5.41, 5.74) is 2.20. The van der Waals surface area contributed by atoms with Gasteiger partial charge in [-0.15, -0.1) is 21.6 Å². The van der Waals surface area contributed by atoms with Gasteiger partial charge in [0.15, 0.2) is 5.00 Å². The van der Waals surface area contributed by atoms with E-state index in [1.807, 2.05) is 6.07 Å². The number of ether oxygens (including phenoxy) is 5. The predicted molar refractivity (Wildman–Crippen MR) is 147 cm³/mol. The molecule has 0 unspecified atom stereocenters. The van der Waals surface area contributed by atoms with Crippen LogP contribution in [0.1, 0.15) is 42.7 Å². The van der Waals surface area contributed by atoms with Crippen LogP contribution in [0.3, 0.4) is 0 Å². The van der Waals surface area contributed by atoms with Crippen molar-refractivity contribution in [1.82, 2.24) is 0 Å². The fraction of sp³-hybridized carbons (Fsp3) is 0.556. The molecule has 1 aromatic heterocycles. The van der Waals surface area contributed by atoms with Crippen LogP contribution >= 0.6 is 11.3 Å². The summed E-state index contributed by atoms with van der Waals surface area (Å²) in [6, 6.07) is 7.80. The highest BCUT2D eigenvalue weighted by Crippen LogP contribution is 2.42. The van der Waals surface area contributed by atoms with E-state index in [0.717, 1.165) is 36.5 Å². The van der Waals surface area contributed by atoms with Crippen molar-refractivity contribution in [1.29, 1.82) is 10.5 Å². The molecule has 0 bridgehead atoms. The molecule has 10 nitrogen and oxygen atoms in total. The summed E-state index contributed by atoms with van der Waals surface area (Å²) in [6.45, 7) is 10.7. The Hall–Kier alpha value is -3.22. The first-order valence-corrected chi connectivity index (χ1v) is 13.5. The van der Waals surface area contributed by atoms with Gasteiger partial charge in [-0.05, 0) is 25.3 Å². The lowest BCUT2D eigenvalue weighted by Crippen LogP contribution is -2.31. The van der Waals surface area contributed by atoms with Gasteiger partial charge in [0.05, 0.1) is 51.9 Å². The number of thiophene rings is 1. The smallest absolute Gasteiger partial charge is 0.158 e.